The Balaban J connectivity index is 1.52. The van der Waals surface area contributed by atoms with Gasteiger partial charge in [-0.2, -0.15) is 0 Å². The molecular weight excluding hydrogens is 428 g/mol. The molecule has 1 aromatic heterocycles. The molecule has 1 amide bonds. The highest BCUT2D eigenvalue weighted by Gasteiger charge is 2.18. The Labute approximate surface area is 186 Å². The normalized spacial score (nSPS) is 13.5. The van der Waals surface area contributed by atoms with E-state index < -0.39 is 10.0 Å². The maximum atomic E-state index is 12.8. The van der Waals surface area contributed by atoms with Crippen molar-refractivity contribution in [1.82, 2.24) is 19.6 Å². The van der Waals surface area contributed by atoms with Crippen molar-refractivity contribution in [3.63, 3.8) is 0 Å². The highest BCUT2D eigenvalue weighted by molar-refractivity contribution is 7.88. The Morgan fingerprint density at radius 1 is 1.16 bits per heavy atom. The Hall–Kier alpha value is -3.04. The summed E-state index contributed by atoms with van der Waals surface area (Å²) in [4.78, 5) is 29.9. The quantitative estimate of drug-likeness (QED) is 0.568. The van der Waals surface area contributed by atoms with Gasteiger partial charge in [0.05, 0.1) is 16.7 Å². The van der Waals surface area contributed by atoms with Crippen LogP contribution in [0, 0.1) is 0 Å². The van der Waals surface area contributed by atoms with Crippen LogP contribution in [-0.4, -0.2) is 29.9 Å². The number of nitrogens with zero attached hydrogens (tertiary/aromatic N) is 2. The molecule has 0 spiro atoms. The minimum Gasteiger partial charge on any atom is -0.348 e. The van der Waals surface area contributed by atoms with Gasteiger partial charge in [-0.25, -0.2) is 18.1 Å². The maximum Gasteiger partial charge on any atom is 0.261 e. The van der Waals surface area contributed by atoms with Crippen molar-refractivity contribution in [2.45, 2.75) is 51.6 Å². The molecule has 4 rings (SSSR count). The predicted octanol–water partition coefficient (Wildman–Crippen LogP) is 2.10. The molecule has 3 aromatic rings. The summed E-state index contributed by atoms with van der Waals surface area (Å²) in [5.41, 5.74) is 2.20. The molecule has 2 N–H and O–H groups in total. The van der Waals surface area contributed by atoms with Crippen molar-refractivity contribution in [2.75, 3.05) is 0 Å². The molecule has 32 heavy (non-hydrogen) atoms. The van der Waals surface area contributed by atoms with Gasteiger partial charge in [-0.05, 0) is 49.6 Å². The van der Waals surface area contributed by atoms with Crippen molar-refractivity contribution in [1.29, 1.82) is 0 Å². The van der Waals surface area contributed by atoms with E-state index in [0.29, 0.717) is 28.6 Å². The molecule has 2 heterocycles. The van der Waals surface area contributed by atoms with Crippen molar-refractivity contribution in [3.05, 3.63) is 75.3 Å². The summed E-state index contributed by atoms with van der Waals surface area (Å²) in [7, 11) is -3.48. The first-order valence-corrected chi connectivity index (χ1v) is 12.3. The number of hydrogen-bond donors (Lipinski definition) is 2. The lowest BCUT2D eigenvalue weighted by Crippen LogP contribution is -2.32. The standard InChI is InChI=1S/C23H26N4O4S/c1-15(2)26-32(30,31)14-18-7-4-3-6-17(18)13-24-22(28)16-9-10-19-20(12-16)25-21-8-5-11-27(21)23(19)29/h3-4,6-7,9-10,12,15,26H,5,8,11,13-14H2,1-2H3,(H,24,28). The van der Waals surface area contributed by atoms with Crippen molar-refractivity contribution in [3.8, 4) is 0 Å². The fourth-order valence-corrected chi connectivity index (χ4v) is 5.47. The lowest BCUT2D eigenvalue weighted by molar-refractivity contribution is 0.0951. The number of carbonyl (C=O) groups excluding carboxylic acids is 1. The number of sulfonamides is 1. The van der Waals surface area contributed by atoms with E-state index in [1.165, 1.54) is 0 Å². The molecule has 0 saturated carbocycles. The van der Waals surface area contributed by atoms with Gasteiger partial charge in [0.25, 0.3) is 11.5 Å². The van der Waals surface area contributed by atoms with Crippen LogP contribution in [0.25, 0.3) is 10.9 Å². The van der Waals surface area contributed by atoms with Crippen LogP contribution in [-0.2, 0) is 35.3 Å². The lowest BCUT2D eigenvalue weighted by atomic mass is 10.1. The minimum atomic E-state index is -3.48. The van der Waals surface area contributed by atoms with Gasteiger partial charge in [-0.3, -0.25) is 14.2 Å². The number of nitrogens with one attached hydrogen (secondary N) is 2. The second kappa shape index (κ2) is 8.84. The van der Waals surface area contributed by atoms with Crippen molar-refractivity contribution >= 4 is 26.8 Å². The number of amides is 1. The summed E-state index contributed by atoms with van der Waals surface area (Å²) in [5.74, 6) is 0.282. The average molecular weight is 455 g/mol. The van der Waals surface area contributed by atoms with E-state index in [-0.39, 0.29) is 29.8 Å². The Morgan fingerprint density at radius 3 is 2.66 bits per heavy atom. The van der Waals surface area contributed by atoms with Gasteiger partial charge in [-0.1, -0.05) is 24.3 Å². The third kappa shape index (κ3) is 4.73. The summed E-state index contributed by atoms with van der Waals surface area (Å²) in [6, 6.07) is 11.8. The van der Waals surface area contributed by atoms with Crippen LogP contribution in [0.3, 0.4) is 0 Å². The highest BCUT2D eigenvalue weighted by atomic mass is 32.2. The number of carbonyl (C=O) groups is 1. The molecule has 0 fully saturated rings. The van der Waals surface area contributed by atoms with Crippen molar-refractivity contribution in [2.24, 2.45) is 0 Å². The van der Waals surface area contributed by atoms with Gasteiger partial charge in [0.2, 0.25) is 10.0 Å². The monoisotopic (exact) mass is 454 g/mol. The van der Waals surface area contributed by atoms with E-state index in [1.54, 1.807) is 60.9 Å². The van der Waals surface area contributed by atoms with Crippen LogP contribution in [0.4, 0.5) is 0 Å². The first kappa shape index (κ1) is 22.2. The zero-order chi connectivity index (χ0) is 22.9. The molecule has 1 aliphatic rings. The van der Waals surface area contributed by atoms with Gasteiger partial charge in [0, 0.05) is 31.1 Å². The van der Waals surface area contributed by atoms with Crippen LogP contribution in [0.2, 0.25) is 0 Å². The van der Waals surface area contributed by atoms with Gasteiger partial charge in [0.15, 0.2) is 0 Å². The lowest BCUT2D eigenvalue weighted by Gasteiger charge is -2.13. The fourth-order valence-electron chi connectivity index (χ4n) is 3.98. The van der Waals surface area contributed by atoms with E-state index >= 15 is 0 Å². The molecule has 2 aromatic carbocycles. The summed E-state index contributed by atoms with van der Waals surface area (Å²) >= 11 is 0. The summed E-state index contributed by atoms with van der Waals surface area (Å²) < 4.78 is 28.9. The Morgan fingerprint density at radius 2 is 1.91 bits per heavy atom. The second-order valence-corrected chi connectivity index (χ2v) is 10.1. The van der Waals surface area contributed by atoms with E-state index in [1.807, 2.05) is 0 Å². The number of benzene rings is 2. The molecule has 9 heteroatoms. The molecule has 0 atom stereocenters. The van der Waals surface area contributed by atoms with E-state index in [4.69, 9.17) is 0 Å². The summed E-state index contributed by atoms with van der Waals surface area (Å²) in [5, 5.41) is 3.35. The minimum absolute atomic E-state index is 0.0698. The predicted molar refractivity (Wildman–Crippen MR) is 123 cm³/mol. The van der Waals surface area contributed by atoms with Crippen LogP contribution in [0.1, 0.15) is 47.6 Å². The third-order valence-electron chi connectivity index (χ3n) is 5.40. The first-order chi connectivity index (χ1) is 15.2. The topological polar surface area (TPSA) is 110 Å². The van der Waals surface area contributed by atoms with E-state index in [9.17, 15) is 18.0 Å². The third-order valence-corrected chi connectivity index (χ3v) is 6.92. The van der Waals surface area contributed by atoms with Gasteiger partial charge in [-0.15, -0.1) is 0 Å². The smallest absolute Gasteiger partial charge is 0.261 e. The molecule has 0 saturated heterocycles. The van der Waals surface area contributed by atoms with Gasteiger partial charge < -0.3 is 5.32 Å². The molecule has 168 valence electrons. The molecule has 0 unspecified atom stereocenters. The highest BCUT2D eigenvalue weighted by Crippen LogP contribution is 2.17. The second-order valence-electron chi connectivity index (χ2n) is 8.30. The largest absolute Gasteiger partial charge is 0.348 e. The van der Waals surface area contributed by atoms with Gasteiger partial charge in [0.1, 0.15) is 5.82 Å². The number of rotatable bonds is 7. The van der Waals surface area contributed by atoms with E-state index in [2.05, 4.69) is 15.0 Å². The Bertz CT molecular complexity index is 1350. The zero-order valence-corrected chi connectivity index (χ0v) is 18.9. The number of aromatic nitrogens is 2. The molecular formula is C23H26N4O4S. The SMILES string of the molecule is CC(C)NS(=O)(=O)Cc1ccccc1CNC(=O)c1ccc2c(=O)n3c(nc2c1)CCC3. The summed E-state index contributed by atoms with van der Waals surface area (Å²) in [6.45, 7) is 4.40. The first-order valence-electron chi connectivity index (χ1n) is 10.6. The van der Waals surface area contributed by atoms with Crippen molar-refractivity contribution < 1.29 is 13.2 Å². The Kier molecular flexibility index (Phi) is 6.12. The number of hydrogen-bond acceptors (Lipinski definition) is 5. The van der Waals surface area contributed by atoms with E-state index in [0.717, 1.165) is 24.2 Å². The number of fused-ring (bicyclic) bond motifs is 2. The summed E-state index contributed by atoms with van der Waals surface area (Å²) in [6.07, 6.45) is 1.65. The molecule has 0 radical (unpaired) electrons. The molecule has 0 aliphatic carbocycles. The zero-order valence-electron chi connectivity index (χ0n) is 18.1. The average Bonchev–Trinajstić information content (AvgIpc) is 3.20. The molecule has 0 bridgehead atoms. The van der Waals surface area contributed by atoms with Crippen LogP contribution in [0.15, 0.2) is 47.3 Å². The van der Waals surface area contributed by atoms with Crippen LogP contribution >= 0.6 is 0 Å². The molecule has 1 aliphatic heterocycles. The molecule has 8 nitrogen and oxygen atoms in total. The van der Waals surface area contributed by atoms with Crippen LogP contribution < -0.4 is 15.6 Å². The maximum absolute atomic E-state index is 12.8. The van der Waals surface area contributed by atoms with Gasteiger partial charge >= 0.3 is 0 Å². The number of aryl methyl sites for hydroxylation is 1. The van der Waals surface area contributed by atoms with Crippen LogP contribution in [0.5, 0.6) is 0 Å². The fraction of sp³-hybridized carbons (Fsp3) is 0.348.